The molecule has 2 aromatic carbocycles. The summed E-state index contributed by atoms with van der Waals surface area (Å²) in [5, 5.41) is 0. The van der Waals surface area contributed by atoms with Gasteiger partial charge in [0, 0.05) is 6.92 Å². The third-order valence-corrected chi connectivity index (χ3v) is 4.46. The lowest BCUT2D eigenvalue weighted by Gasteiger charge is -2.16. The quantitative estimate of drug-likeness (QED) is 0.813. The molecule has 0 bridgehead atoms. The first-order valence-corrected chi connectivity index (χ1v) is 7.38. The summed E-state index contributed by atoms with van der Waals surface area (Å²) in [6, 6.07) is 19.3. The van der Waals surface area contributed by atoms with Crippen molar-refractivity contribution in [3.63, 3.8) is 0 Å². The number of benzene rings is 2. The van der Waals surface area contributed by atoms with Gasteiger partial charge < -0.3 is 0 Å². The predicted molar refractivity (Wildman–Crippen MR) is 77.2 cm³/mol. The molecule has 0 radical (unpaired) electrons. The van der Waals surface area contributed by atoms with E-state index in [1.807, 2.05) is 60.7 Å². The van der Waals surface area contributed by atoms with E-state index in [1.54, 1.807) is 4.41 Å². The molecule has 1 fully saturated rings. The van der Waals surface area contributed by atoms with Crippen molar-refractivity contribution in [3.8, 4) is 0 Å². The van der Waals surface area contributed by atoms with Gasteiger partial charge in [-0.05, 0) is 11.1 Å². The minimum absolute atomic E-state index is 0.206. The van der Waals surface area contributed by atoms with Gasteiger partial charge in [-0.1, -0.05) is 65.1 Å². The monoisotopic (exact) mass is 286 g/mol. The van der Waals surface area contributed by atoms with Gasteiger partial charge in [-0.3, -0.25) is 4.79 Å². The largest absolute Gasteiger partial charge is 0.273 e. The second-order valence-corrected chi connectivity index (χ2v) is 5.73. The number of hydrazine groups is 1. The summed E-state index contributed by atoms with van der Waals surface area (Å²) in [6.07, 6.45) is 0. The zero-order valence-electron chi connectivity index (χ0n) is 11.0. The van der Waals surface area contributed by atoms with E-state index >= 15 is 0 Å². The average molecular weight is 286 g/mol. The van der Waals surface area contributed by atoms with E-state index in [9.17, 15) is 9.00 Å². The molecule has 20 heavy (non-hydrogen) atoms. The topological polar surface area (TPSA) is 40.2 Å². The van der Waals surface area contributed by atoms with E-state index in [2.05, 4.69) is 0 Å². The van der Waals surface area contributed by atoms with E-state index in [0.717, 1.165) is 11.1 Å². The Morgan fingerprint density at radius 1 is 0.950 bits per heavy atom. The van der Waals surface area contributed by atoms with E-state index < -0.39 is 11.2 Å². The summed E-state index contributed by atoms with van der Waals surface area (Å²) >= 11 is -1.38. The number of nitrogens with zero attached hydrogens (tertiary/aromatic N) is 2. The van der Waals surface area contributed by atoms with Gasteiger partial charge in [-0.15, -0.1) is 0 Å². The molecule has 1 aliphatic heterocycles. The van der Waals surface area contributed by atoms with Crippen LogP contribution in [0.15, 0.2) is 60.7 Å². The predicted octanol–water partition coefficient (Wildman–Crippen LogP) is 2.43. The summed E-state index contributed by atoms with van der Waals surface area (Å²) < 4.78 is 14.9. The maximum Gasteiger partial charge on any atom is 0.248 e. The number of hydrogen-bond acceptors (Lipinski definition) is 2. The molecule has 0 spiro atoms. The Kier molecular flexibility index (Phi) is 3.38. The van der Waals surface area contributed by atoms with E-state index in [4.69, 9.17) is 0 Å². The van der Waals surface area contributed by atoms with Gasteiger partial charge >= 0.3 is 0 Å². The molecule has 4 nitrogen and oxygen atoms in total. The van der Waals surface area contributed by atoms with Gasteiger partial charge in [-0.25, -0.2) is 4.21 Å². The fourth-order valence-electron chi connectivity index (χ4n) is 2.27. The number of hydrogen-bond donors (Lipinski definition) is 0. The Morgan fingerprint density at radius 3 is 1.75 bits per heavy atom. The van der Waals surface area contributed by atoms with Crippen molar-refractivity contribution in [3.05, 3.63) is 71.8 Å². The molecule has 1 saturated heterocycles. The van der Waals surface area contributed by atoms with Crippen LogP contribution in [0.25, 0.3) is 0 Å². The van der Waals surface area contributed by atoms with Crippen LogP contribution in [0.3, 0.4) is 0 Å². The number of rotatable bonds is 3. The lowest BCUT2D eigenvalue weighted by atomic mass is 9.99. The van der Waals surface area contributed by atoms with Gasteiger partial charge in [0.1, 0.15) is 0 Å². The van der Waals surface area contributed by atoms with Crippen molar-refractivity contribution in [2.24, 2.45) is 0 Å². The van der Waals surface area contributed by atoms with Crippen LogP contribution in [0.4, 0.5) is 0 Å². The molecule has 1 aliphatic rings. The average Bonchev–Trinajstić information content (AvgIpc) is 3.13. The van der Waals surface area contributed by atoms with E-state index in [-0.39, 0.29) is 11.9 Å². The van der Waals surface area contributed by atoms with Crippen LogP contribution in [0, 0.1) is 0 Å². The molecule has 2 aromatic rings. The maximum absolute atomic E-state index is 12.0. The summed E-state index contributed by atoms with van der Waals surface area (Å²) in [5.41, 5.74) is 2.02. The fraction of sp³-hybridized carbons (Fsp3) is 0.133. The van der Waals surface area contributed by atoms with Crippen molar-refractivity contribution < 1.29 is 9.00 Å². The molecule has 5 heteroatoms. The minimum atomic E-state index is -1.38. The highest BCUT2D eigenvalue weighted by Crippen LogP contribution is 2.40. The van der Waals surface area contributed by atoms with Crippen molar-refractivity contribution in [2.45, 2.75) is 13.0 Å². The van der Waals surface area contributed by atoms with Crippen LogP contribution in [-0.2, 0) is 16.0 Å². The van der Waals surface area contributed by atoms with Crippen LogP contribution in [0.5, 0.6) is 0 Å². The number of carbonyl (C=O) groups is 1. The molecule has 3 rings (SSSR count). The fourth-order valence-corrected chi connectivity index (χ4v) is 3.43. The molecule has 1 amide bonds. The second kappa shape index (κ2) is 5.19. The summed E-state index contributed by atoms with van der Waals surface area (Å²) in [4.78, 5) is 11.5. The summed E-state index contributed by atoms with van der Waals surface area (Å²) in [5.74, 6) is -0.208. The second-order valence-electron chi connectivity index (χ2n) is 4.55. The normalized spacial score (nSPS) is 21.0. The number of carbonyl (C=O) groups excluding carboxylic acids is 1. The van der Waals surface area contributed by atoms with Crippen LogP contribution < -0.4 is 0 Å². The highest BCUT2D eigenvalue weighted by atomic mass is 32.2. The molecule has 102 valence electrons. The molecule has 1 heterocycles. The molecule has 0 N–H and O–H groups in total. The van der Waals surface area contributed by atoms with E-state index in [1.165, 1.54) is 11.3 Å². The van der Waals surface area contributed by atoms with Crippen LogP contribution in [0.2, 0.25) is 0 Å². The van der Waals surface area contributed by atoms with Crippen molar-refractivity contribution in [2.75, 3.05) is 0 Å². The van der Waals surface area contributed by atoms with Gasteiger partial charge in [0.05, 0.1) is 6.04 Å². The Labute approximate surface area is 120 Å². The molecule has 2 atom stereocenters. The van der Waals surface area contributed by atoms with Gasteiger partial charge in [0.15, 0.2) is 0 Å². The van der Waals surface area contributed by atoms with Crippen molar-refractivity contribution in [1.82, 2.24) is 8.83 Å². The lowest BCUT2D eigenvalue weighted by molar-refractivity contribution is -0.126. The Bertz CT molecular complexity index is 606. The van der Waals surface area contributed by atoms with Gasteiger partial charge in [0.25, 0.3) is 0 Å². The highest BCUT2D eigenvalue weighted by molar-refractivity contribution is 7.86. The molecule has 2 unspecified atom stereocenters. The first kappa shape index (κ1) is 13.0. The standard InChI is InChI=1S/C15H14N2O2S/c1-12(18)16-17(20(16)19)15(13-8-4-2-5-9-13)14-10-6-3-7-11-14/h2-11,15H,1H3. The first-order chi connectivity index (χ1) is 9.70. The Morgan fingerprint density at radius 2 is 1.40 bits per heavy atom. The molecule has 0 aromatic heterocycles. The lowest BCUT2D eigenvalue weighted by Crippen LogP contribution is -2.18. The molecular weight excluding hydrogens is 272 g/mol. The van der Waals surface area contributed by atoms with Crippen LogP contribution in [0.1, 0.15) is 24.1 Å². The molecular formula is C15H14N2O2S. The van der Waals surface area contributed by atoms with Crippen LogP contribution in [-0.4, -0.2) is 18.9 Å². The first-order valence-electron chi connectivity index (χ1n) is 6.32. The van der Waals surface area contributed by atoms with Crippen LogP contribution >= 0.6 is 0 Å². The smallest absolute Gasteiger partial charge is 0.248 e. The highest BCUT2D eigenvalue weighted by Gasteiger charge is 2.51. The summed E-state index contributed by atoms with van der Waals surface area (Å²) in [6.45, 7) is 1.42. The molecule has 0 aliphatic carbocycles. The van der Waals surface area contributed by atoms with Crippen molar-refractivity contribution in [1.29, 1.82) is 0 Å². The SMILES string of the molecule is CC(=O)N1N(C(c2ccccc2)c2ccccc2)S1=O. The van der Waals surface area contributed by atoms with Crippen molar-refractivity contribution >= 4 is 17.1 Å². The van der Waals surface area contributed by atoms with E-state index in [0.29, 0.717) is 0 Å². The summed E-state index contributed by atoms with van der Waals surface area (Å²) in [7, 11) is 0. The number of amides is 1. The van der Waals surface area contributed by atoms with Gasteiger partial charge in [0.2, 0.25) is 17.1 Å². The van der Waals surface area contributed by atoms with Gasteiger partial charge in [-0.2, -0.15) is 4.41 Å². The third-order valence-electron chi connectivity index (χ3n) is 3.18. The Balaban J connectivity index is 2.02. The zero-order valence-corrected chi connectivity index (χ0v) is 11.8. The maximum atomic E-state index is 12.0. The zero-order chi connectivity index (χ0) is 14.1. The molecule has 0 saturated carbocycles. The third kappa shape index (κ3) is 2.26. The minimum Gasteiger partial charge on any atom is -0.273 e. The Hall–Kier alpha value is -1.98.